The Morgan fingerprint density at radius 2 is 1.39 bits per heavy atom. The van der Waals surface area contributed by atoms with Crippen LogP contribution in [-0.2, 0) is 0 Å². The average Bonchev–Trinajstić information content (AvgIpc) is 2.94. The van der Waals surface area contributed by atoms with Crippen molar-refractivity contribution in [3.8, 4) is 0 Å². The van der Waals surface area contributed by atoms with Crippen LogP contribution in [0.15, 0.2) is 53.6 Å². The van der Waals surface area contributed by atoms with Crippen molar-refractivity contribution in [3.63, 3.8) is 0 Å². The van der Waals surface area contributed by atoms with E-state index < -0.39 is 11.9 Å². The first-order chi connectivity index (χ1) is 10.8. The molecule has 0 spiro atoms. The van der Waals surface area contributed by atoms with Gasteiger partial charge in [-0.15, -0.1) is 0 Å². The van der Waals surface area contributed by atoms with Crippen molar-refractivity contribution in [1.82, 2.24) is 0 Å². The molecular formula is C18H16F3N2+. The molecule has 0 aromatic heterocycles. The van der Waals surface area contributed by atoms with E-state index in [-0.39, 0.29) is 6.42 Å². The molecule has 118 valence electrons. The molecule has 1 aliphatic rings. The van der Waals surface area contributed by atoms with E-state index >= 15 is 0 Å². The van der Waals surface area contributed by atoms with Crippen LogP contribution in [0.5, 0.6) is 0 Å². The monoisotopic (exact) mass is 317 g/mol. The summed E-state index contributed by atoms with van der Waals surface area (Å²) in [5.74, 6) is 0. The van der Waals surface area contributed by atoms with Gasteiger partial charge in [-0.05, 0) is 30.7 Å². The molecule has 2 aromatic rings. The molecule has 1 heterocycles. The number of rotatable bonds is 2. The maximum atomic E-state index is 13.1. The Kier molecular flexibility index (Phi) is 3.80. The summed E-state index contributed by atoms with van der Waals surface area (Å²) in [6, 6.07) is 14.7. The molecule has 0 amide bonds. The van der Waals surface area contributed by atoms with Gasteiger partial charge in [0.15, 0.2) is 5.71 Å². The molecule has 0 atom stereocenters. The normalized spacial score (nSPS) is 15.1. The molecule has 3 rings (SSSR count). The minimum Gasteiger partial charge on any atom is -0.165 e. The molecule has 0 fully saturated rings. The molecule has 0 bridgehead atoms. The Morgan fingerprint density at radius 1 is 0.870 bits per heavy atom. The van der Waals surface area contributed by atoms with Gasteiger partial charge in [-0.3, -0.25) is 0 Å². The van der Waals surface area contributed by atoms with Crippen LogP contribution in [0.4, 0.5) is 18.9 Å². The number of alkyl halides is 3. The largest absolute Gasteiger partial charge is 0.435 e. The molecular weight excluding hydrogens is 301 g/mol. The summed E-state index contributed by atoms with van der Waals surface area (Å²) in [7, 11) is 0. The van der Waals surface area contributed by atoms with Gasteiger partial charge in [0, 0.05) is 22.8 Å². The lowest BCUT2D eigenvalue weighted by molar-refractivity contribution is -0.442. The minimum absolute atomic E-state index is 0.222. The Morgan fingerprint density at radius 3 is 1.91 bits per heavy atom. The maximum Gasteiger partial charge on any atom is 0.435 e. The summed E-state index contributed by atoms with van der Waals surface area (Å²) >= 11 is 0. The SMILES string of the molecule is Cc1ccc(C2=[N+](c3ccc(C)cc3)N=C(C(F)(F)F)C2)cc1. The van der Waals surface area contributed by atoms with E-state index in [1.165, 1.54) is 4.68 Å². The van der Waals surface area contributed by atoms with E-state index in [1.54, 1.807) is 12.1 Å². The highest BCUT2D eigenvalue weighted by molar-refractivity contribution is 6.13. The fourth-order valence-electron chi connectivity index (χ4n) is 2.48. The van der Waals surface area contributed by atoms with Gasteiger partial charge in [-0.25, -0.2) is 0 Å². The van der Waals surface area contributed by atoms with E-state index in [4.69, 9.17) is 0 Å². The fourth-order valence-corrected chi connectivity index (χ4v) is 2.48. The highest BCUT2D eigenvalue weighted by Gasteiger charge is 2.45. The van der Waals surface area contributed by atoms with E-state index in [0.717, 1.165) is 16.7 Å². The standard InChI is InChI=1S/C18H16F3N2/c1-12-3-7-14(8-4-12)16-11-17(18(19,20)21)22-23(16)15-9-5-13(2)6-10-15/h3-10H,11H2,1-2H3/q+1. The summed E-state index contributed by atoms with van der Waals surface area (Å²) < 4.78 is 40.7. The molecule has 0 saturated heterocycles. The van der Waals surface area contributed by atoms with Crippen molar-refractivity contribution in [3.05, 3.63) is 65.2 Å². The molecule has 0 N–H and O–H groups in total. The molecule has 1 aliphatic heterocycles. The lowest BCUT2D eigenvalue weighted by Crippen LogP contribution is -2.22. The summed E-state index contributed by atoms with van der Waals surface area (Å²) in [6.45, 7) is 3.88. The first kappa shape index (κ1) is 15.5. The zero-order chi connectivity index (χ0) is 16.6. The van der Waals surface area contributed by atoms with Gasteiger partial charge < -0.3 is 0 Å². The van der Waals surface area contributed by atoms with Crippen LogP contribution in [0.2, 0.25) is 0 Å². The van der Waals surface area contributed by atoms with Crippen LogP contribution < -0.4 is 0 Å². The van der Waals surface area contributed by atoms with Gasteiger partial charge in [0.1, 0.15) is 0 Å². The molecule has 23 heavy (non-hydrogen) atoms. The van der Waals surface area contributed by atoms with E-state index in [1.807, 2.05) is 50.2 Å². The number of nitrogens with zero attached hydrogens (tertiary/aromatic N) is 2. The highest BCUT2D eigenvalue weighted by atomic mass is 19.4. The number of hydrogen-bond donors (Lipinski definition) is 0. The number of hydrogen-bond acceptors (Lipinski definition) is 1. The third-order valence-corrected chi connectivity index (χ3v) is 3.80. The third-order valence-electron chi connectivity index (χ3n) is 3.80. The summed E-state index contributed by atoms with van der Waals surface area (Å²) in [4.78, 5) is 0. The average molecular weight is 317 g/mol. The quantitative estimate of drug-likeness (QED) is 0.710. The maximum absolute atomic E-state index is 13.1. The zero-order valence-electron chi connectivity index (χ0n) is 12.9. The second-order valence-electron chi connectivity index (χ2n) is 5.68. The summed E-state index contributed by atoms with van der Waals surface area (Å²) in [5.41, 5.74) is 3.26. The van der Waals surface area contributed by atoms with Gasteiger partial charge in [-0.1, -0.05) is 35.4 Å². The molecule has 0 radical (unpaired) electrons. The Bertz CT molecular complexity index is 783. The molecule has 2 aromatic carbocycles. The lowest BCUT2D eigenvalue weighted by atomic mass is 10.0. The van der Waals surface area contributed by atoms with Gasteiger partial charge in [0.05, 0.1) is 6.42 Å². The highest BCUT2D eigenvalue weighted by Crippen LogP contribution is 2.28. The predicted octanol–water partition coefficient (Wildman–Crippen LogP) is 4.76. The zero-order valence-corrected chi connectivity index (χ0v) is 12.9. The van der Waals surface area contributed by atoms with E-state index in [2.05, 4.69) is 5.10 Å². The molecule has 0 aliphatic carbocycles. The van der Waals surface area contributed by atoms with Crippen LogP contribution in [0.25, 0.3) is 0 Å². The van der Waals surface area contributed by atoms with Crippen LogP contribution in [-0.4, -0.2) is 22.3 Å². The van der Waals surface area contributed by atoms with Crippen molar-refractivity contribution in [2.45, 2.75) is 26.4 Å². The van der Waals surface area contributed by atoms with Crippen LogP contribution >= 0.6 is 0 Å². The Labute approximate surface area is 132 Å². The lowest BCUT2D eigenvalue weighted by Gasteiger charge is -2.02. The van der Waals surface area contributed by atoms with Gasteiger partial charge in [0.25, 0.3) is 0 Å². The Balaban J connectivity index is 2.10. The molecule has 0 unspecified atom stereocenters. The van der Waals surface area contributed by atoms with Gasteiger partial charge in [-0.2, -0.15) is 13.2 Å². The predicted molar refractivity (Wildman–Crippen MR) is 84.5 cm³/mol. The number of aryl methyl sites for hydroxylation is 2. The summed E-state index contributed by atoms with van der Waals surface area (Å²) in [6.07, 6.45) is -4.64. The molecule has 2 nitrogen and oxygen atoms in total. The van der Waals surface area contributed by atoms with E-state index in [0.29, 0.717) is 11.4 Å². The second-order valence-corrected chi connectivity index (χ2v) is 5.68. The molecule has 0 saturated carbocycles. The van der Waals surface area contributed by atoms with Crippen LogP contribution in [0.1, 0.15) is 23.1 Å². The van der Waals surface area contributed by atoms with Crippen molar-refractivity contribution in [2.24, 2.45) is 5.10 Å². The van der Waals surface area contributed by atoms with Gasteiger partial charge in [0.2, 0.25) is 11.4 Å². The number of benzene rings is 2. The van der Waals surface area contributed by atoms with Crippen molar-refractivity contribution < 1.29 is 17.9 Å². The summed E-state index contributed by atoms with van der Waals surface area (Å²) in [5, 5.41) is 3.83. The minimum atomic E-state index is -4.42. The van der Waals surface area contributed by atoms with Crippen molar-refractivity contribution in [2.75, 3.05) is 0 Å². The van der Waals surface area contributed by atoms with Gasteiger partial charge >= 0.3 is 6.18 Å². The Hall–Kier alpha value is -2.43. The first-order valence-corrected chi connectivity index (χ1v) is 7.29. The number of halogens is 3. The number of hydrazone groups is 1. The fraction of sp³-hybridized carbons (Fsp3) is 0.222. The van der Waals surface area contributed by atoms with Crippen LogP contribution in [0, 0.1) is 13.8 Å². The van der Waals surface area contributed by atoms with E-state index in [9.17, 15) is 13.2 Å². The second kappa shape index (κ2) is 5.65. The third kappa shape index (κ3) is 3.18. The molecule has 5 heteroatoms. The first-order valence-electron chi connectivity index (χ1n) is 7.29. The smallest absolute Gasteiger partial charge is 0.165 e. The van der Waals surface area contributed by atoms with Crippen LogP contribution in [0.3, 0.4) is 0 Å². The van der Waals surface area contributed by atoms with Crippen molar-refractivity contribution in [1.29, 1.82) is 0 Å². The van der Waals surface area contributed by atoms with Crippen molar-refractivity contribution >= 4 is 17.1 Å². The topological polar surface area (TPSA) is 15.4 Å².